The Morgan fingerprint density at radius 1 is 1.20 bits per heavy atom. The van der Waals surface area contributed by atoms with E-state index in [2.05, 4.69) is 55.4 Å². The molecule has 0 bridgehead atoms. The van der Waals surface area contributed by atoms with Crippen molar-refractivity contribution in [2.75, 3.05) is 20.1 Å². The van der Waals surface area contributed by atoms with Gasteiger partial charge in [-0.05, 0) is 49.4 Å². The Morgan fingerprint density at radius 2 is 1.90 bits per heavy atom. The molecule has 112 valence electrons. The van der Waals surface area contributed by atoms with Gasteiger partial charge in [-0.15, -0.1) is 0 Å². The van der Waals surface area contributed by atoms with E-state index < -0.39 is 0 Å². The minimum Gasteiger partial charge on any atom is -0.312 e. The van der Waals surface area contributed by atoms with Gasteiger partial charge in [0.1, 0.15) is 0 Å². The highest BCUT2D eigenvalue weighted by molar-refractivity contribution is 5.27. The molecule has 0 atom stereocenters. The molecule has 0 amide bonds. The average molecular weight is 274 g/mol. The summed E-state index contributed by atoms with van der Waals surface area (Å²) in [6, 6.07) is 8.86. The maximum Gasteiger partial charge on any atom is 0.0234 e. The van der Waals surface area contributed by atoms with Crippen LogP contribution in [0.1, 0.15) is 44.2 Å². The Hall–Kier alpha value is -0.860. The van der Waals surface area contributed by atoms with Gasteiger partial charge in [-0.3, -0.25) is 0 Å². The number of hydrogen-bond donors (Lipinski definition) is 1. The molecule has 1 aromatic rings. The quantitative estimate of drug-likeness (QED) is 0.778. The van der Waals surface area contributed by atoms with Crippen molar-refractivity contribution in [2.24, 2.45) is 11.8 Å². The van der Waals surface area contributed by atoms with E-state index in [1.54, 1.807) is 0 Å². The monoisotopic (exact) mass is 274 g/mol. The summed E-state index contributed by atoms with van der Waals surface area (Å²) in [7, 11) is 2.26. The molecule has 20 heavy (non-hydrogen) atoms. The van der Waals surface area contributed by atoms with Crippen LogP contribution in [-0.2, 0) is 13.1 Å². The van der Waals surface area contributed by atoms with E-state index in [1.807, 2.05) is 0 Å². The zero-order valence-corrected chi connectivity index (χ0v) is 13.4. The minimum atomic E-state index is 0.712. The van der Waals surface area contributed by atoms with E-state index in [0.717, 1.165) is 25.6 Å². The molecule has 0 saturated heterocycles. The topological polar surface area (TPSA) is 15.3 Å². The van der Waals surface area contributed by atoms with Gasteiger partial charge in [0.05, 0.1) is 0 Å². The fourth-order valence-corrected chi connectivity index (χ4v) is 2.85. The first-order valence-electron chi connectivity index (χ1n) is 8.11. The van der Waals surface area contributed by atoms with Crippen LogP contribution in [0.4, 0.5) is 0 Å². The number of nitrogens with zero attached hydrogens (tertiary/aromatic N) is 1. The number of rotatable bonds is 8. The van der Waals surface area contributed by atoms with E-state index in [1.165, 1.54) is 36.9 Å². The van der Waals surface area contributed by atoms with Crippen LogP contribution in [0.3, 0.4) is 0 Å². The van der Waals surface area contributed by atoms with Gasteiger partial charge in [0, 0.05) is 19.6 Å². The summed E-state index contributed by atoms with van der Waals surface area (Å²) >= 11 is 0. The Kier molecular flexibility index (Phi) is 6.06. The molecule has 1 aliphatic rings. The summed E-state index contributed by atoms with van der Waals surface area (Å²) in [5.41, 5.74) is 2.93. The summed E-state index contributed by atoms with van der Waals surface area (Å²) in [5.74, 6) is 1.66. The zero-order chi connectivity index (χ0) is 14.4. The second-order valence-corrected chi connectivity index (χ2v) is 6.79. The van der Waals surface area contributed by atoms with Crippen LogP contribution in [0.25, 0.3) is 0 Å². The summed E-state index contributed by atoms with van der Waals surface area (Å²) in [5, 5.41) is 3.56. The predicted octanol–water partition coefficient (Wildman–Crippen LogP) is 3.66. The number of nitrogens with one attached hydrogen (secondary N) is 1. The standard InChI is InChI=1S/C18H30N2/c1-15(2)11-19-12-17-9-4-5-10-18(17)14-20(3)13-16-7-6-8-16/h4-5,9-10,15-16,19H,6-8,11-14H2,1-3H3. The Bertz CT molecular complexity index is 396. The zero-order valence-electron chi connectivity index (χ0n) is 13.4. The average Bonchev–Trinajstić information content (AvgIpc) is 2.36. The van der Waals surface area contributed by atoms with Gasteiger partial charge in [0.25, 0.3) is 0 Å². The van der Waals surface area contributed by atoms with Crippen LogP contribution in [0.2, 0.25) is 0 Å². The molecular weight excluding hydrogens is 244 g/mol. The van der Waals surface area contributed by atoms with E-state index in [-0.39, 0.29) is 0 Å². The normalized spacial score (nSPS) is 15.8. The van der Waals surface area contributed by atoms with Crippen molar-refractivity contribution < 1.29 is 0 Å². The van der Waals surface area contributed by atoms with E-state index >= 15 is 0 Å². The first-order chi connectivity index (χ1) is 9.65. The van der Waals surface area contributed by atoms with Crippen molar-refractivity contribution in [3.63, 3.8) is 0 Å². The van der Waals surface area contributed by atoms with Gasteiger partial charge in [-0.25, -0.2) is 0 Å². The lowest BCUT2D eigenvalue weighted by Gasteiger charge is -2.30. The van der Waals surface area contributed by atoms with Crippen molar-refractivity contribution in [2.45, 2.75) is 46.2 Å². The largest absolute Gasteiger partial charge is 0.312 e. The number of hydrogen-bond acceptors (Lipinski definition) is 2. The third kappa shape index (κ3) is 4.92. The summed E-state index contributed by atoms with van der Waals surface area (Å²) in [4.78, 5) is 2.49. The molecule has 1 aliphatic carbocycles. The van der Waals surface area contributed by atoms with Crippen LogP contribution >= 0.6 is 0 Å². The number of benzene rings is 1. The van der Waals surface area contributed by atoms with Crippen molar-refractivity contribution in [1.29, 1.82) is 0 Å². The van der Waals surface area contributed by atoms with Gasteiger partial charge in [0.2, 0.25) is 0 Å². The first-order valence-corrected chi connectivity index (χ1v) is 8.11. The second kappa shape index (κ2) is 7.80. The fourth-order valence-electron chi connectivity index (χ4n) is 2.85. The van der Waals surface area contributed by atoms with Crippen molar-refractivity contribution in [3.8, 4) is 0 Å². The lowest BCUT2D eigenvalue weighted by atomic mass is 9.85. The molecule has 0 radical (unpaired) electrons. The summed E-state index contributed by atoms with van der Waals surface area (Å²) in [6.45, 7) is 8.93. The van der Waals surface area contributed by atoms with Crippen LogP contribution in [-0.4, -0.2) is 25.0 Å². The molecule has 2 nitrogen and oxygen atoms in total. The van der Waals surface area contributed by atoms with Gasteiger partial charge in [0.15, 0.2) is 0 Å². The molecule has 0 aliphatic heterocycles. The van der Waals surface area contributed by atoms with E-state index in [9.17, 15) is 0 Å². The van der Waals surface area contributed by atoms with Crippen LogP contribution in [0.15, 0.2) is 24.3 Å². The maximum atomic E-state index is 3.56. The summed E-state index contributed by atoms with van der Waals surface area (Å²) < 4.78 is 0. The third-order valence-corrected chi connectivity index (χ3v) is 4.22. The second-order valence-electron chi connectivity index (χ2n) is 6.79. The van der Waals surface area contributed by atoms with Crippen molar-refractivity contribution in [1.82, 2.24) is 10.2 Å². The lowest BCUT2D eigenvalue weighted by molar-refractivity contribution is 0.200. The minimum absolute atomic E-state index is 0.712. The Labute approximate surface area is 124 Å². The van der Waals surface area contributed by atoms with Crippen molar-refractivity contribution in [3.05, 3.63) is 35.4 Å². The molecular formula is C18H30N2. The molecule has 0 unspecified atom stereocenters. The van der Waals surface area contributed by atoms with Crippen LogP contribution in [0.5, 0.6) is 0 Å². The Morgan fingerprint density at radius 3 is 2.50 bits per heavy atom. The SMILES string of the molecule is CC(C)CNCc1ccccc1CN(C)CC1CCC1. The molecule has 1 saturated carbocycles. The molecule has 1 aromatic carbocycles. The fraction of sp³-hybridized carbons (Fsp3) is 0.667. The van der Waals surface area contributed by atoms with E-state index in [0.29, 0.717) is 5.92 Å². The molecule has 0 heterocycles. The molecule has 2 heteroatoms. The first kappa shape index (κ1) is 15.5. The van der Waals surface area contributed by atoms with Gasteiger partial charge in [-0.1, -0.05) is 44.5 Å². The molecule has 2 rings (SSSR count). The van der Waals surface area contributed by atoms with Crippen LogP contribution in [0, 0.1) is 11.8 Å². The lowest BCUT2D eigenvalue weighted by Crippen LogP contribution is -2.29. The third-order valence-electron chi connectivity index (χ3n) is 4.22. The van der Waals surface area contributed by atoms with Crippen LogP contribution < -0.4 is 5.32 Å². The highest BCUT2D eigenvalue weighted by atomic mass is 15.1. The highest BCUT2D eigenvalue weighted by Crippen LogP contribution is 2.27. The van der Waals surface area contributed by atoms with Crippen molar-refractivity contribution >= 4 is 0 Å². The smallest absolute Gasteiger partial charge is 0.0234 e. The highest BCUT2D eigenvalue weighted by Gasteiger charge is 2.19. The summed E-state index contributed by atoms with van der Waals surface area (Å²) in [6.07, 6.45) is 4.30. The van der Waals surface area contributed by atoms with Gasteiger partial charge in [-0.2, -0.15) is 0 Å². The van der Waals surface area contributed by atoms with Gasteiger partial charge < -0.3 is 10.2 Å². The maximum absolute atomic E-state index is 3.56. The van der Waals surface area contributed by atoms with E-state index in [4.69, 9.17) is 0 Å². The molecule has 1 N–H and O–H groups in total. The molecule has 0 spiro atoms. The molecule has 0 aromatic heterocycles. The van der Waals surface area contributed by atoms with Gasteiger partial charge >= 0.3 is 0 Å². The Balaban J connectivity index is 1.85. The predicted molar refractivity (Wildman–Crippen MR) is 86.7 cm³/mol. The molecule has 1 fully saturated rings.